The van der Waals surface area contributed by atoms with Gasteiger partial charge >= 0.3 is 0 Å². The van der Waals surface area contributed by atoms with Gasteiger partial charge in [-0.3, -0.25) is 0 Å². The minimum Gasteiger partial charge on any atom is -0.340 e. The molecule has 0 saturated heterocycles. The van der Waals surface area contributed by atoms with Gasteiger partial charge in [-0.05, 0) is 24.7 Å². The molecule has 0 aliphatic carbocycles. The molecule has 0 saturated carbocycles. The van der Waals surface area contributed by atoms with Gasteiger partial charge in [0.1, 0.15) is 12.7 Å². The number of nitrogens with zero attached hydrogens (tertiary/aromatic N) is 4. The summed E-state index contributed by atoms with van der Waals surface area (Å²) in [7, 11) is 0. The maximum Gasteiger partial charge on any atom is 0.228 e. The van der Waals surface area contributed by atoms with Gasteiger partial charge in [-0.25, -0.2) is 15.0 Å². The maximum atomic E-state index is 4.42. The second-order valence-corrected chi connectivity index (χ2v) is 6.68. The van der Waals surface area contributed by atoms with Crippen molar-refractivity contribution in [3.8, 4) is 0 Å². The first-order chi connectivity index (χ1) is 11.2. The lowest BCUT2D eigenvalue weighted by molar-refractivity contribution is 0.400. The van der Waals surface area contributed by atoms with Gasteiger partial charge in [-0.2, -0.15) is 0 Å². The van der Waals surface area contributed by atoms with Crippen molar-refractivity contribution in [1.82, 2.24) is 15.0 Å². The predicted molar refractivity (Wildman–Crippen MR) is 98.7 cm³/mol. The van der Waals surface area contributed by atoms with Crippen LogP contribution in [0.5, 0.6) is 0 Å². The Bertz CT molecular complexity index is 364. The Morgan fingerprint density at radius 3 is 1.70 bits per heavy atom. The van der Waals surface area contributed by atoms with Gasteiger partial charge in [-0.15, -0.1) is 0 Å². The van der Waals surface area contributed by atoms with E-state index in [0.717, 1.165) is 30.9 Å². The predicted octanol–water partition coefficient (Wildman–Crippen LogP) is 5.11. The van der Waals surface area contributed by atoms with E-state index < -0.39 is 0 Å². The summed E-state index contributed by atoms with van der Waals surface area (Å²) in [5.41, 5.74) is 0. The minimum atomic E-state index is 0.732. The molecule has 2 atom stereocenters. The number of hydrogen-bond acceptors (Lipinski definition) is 4. The van der Waals surface area contributed by atoms with E-state index in [9.17, 15) is 0 Å². The Kier molecular flexibility index (Phi) is 10.6. The van der Waals surface area contributed by atoms with E-state index in [0.29, 0.717) is 0 Å². The van der Waals surface area contributed by atoms with E-state index in [4.69, 9.17) is 0 Å². The van der Waals surface area contributed by atoms with E-state index in [1.807, 2.05) is 0 Å². The smallest absolute Gasteiger partial charge is 0.228 e. The fraction of sp³-hybridized carbons (Fsp3) is 0.842. The zero-order valence-corrected chi connectivity index (χ0v) is 15.7. The monoisotopic (exact) mass is 320 g/mol. The topological polar surface area (TPSA) is 41.9 Å². The van der Waals surface area contributed by atoms with Crippen LogP contribution < -0.4 is 4.90 Å². The van der Waals surface area contributed by atoms with Crippen molar-refractivity contribution in [2.24, 2.45) is 11.8 Å². The van der Waals surface area contributed by atoms with Gasteiger partial charge in [0.05, 0.1) is 0 Å². The molecule has 1 aromatic heterocycles. The normalized spacial score (nSPS) is 13.7. The summed E-state index contributed by atoms with van der Waals surface area (Å²) in [5, 5.41) is 0. The second-order valence-electron chi connectivity index (χ2n) is 6.68. The molecular weight excluding hydrogens is 284 g/mol. The lowest BCUT2D eigenvalue weighted by atomic mass is 9.96. The molecule has 1 heterocycles. The summed E-state index contributed by atoms with van der Waals surface area (Å²) in [6.07, 6.45) is 13.5. The molecule has 0 spiro atoms. The van der Waals surface area contributed by atoms with Crippen molar-refractivity contribution in [3.63, 3.8) is 0 Å². The van der Waals surface area contributed by atoms with Crippen LogP contribution in [0.4, 0.5) is 5.95 Å². The van der Waals surface area contributed by atoms with Gasteiger partial charge < -0.3 is 4.90 Å². The molecule has 4 nitrogen and oxygen atoms in total. The highest BCUT2D eigenvalue weighted by atomic mass is 15.3. The minimum absolute atomic E-state index is 0.732. The van der Waals surface area contributed by atoms with Gasteiger partial charge in [0.15, 0.2) is 0 Å². The molecule has 0 aromatic carbocycles. The molecule has 0 fully saturated rings. The van der Waals surface area contributed by atoms with E-state index in [1.165, 1.54) is 51.4 Å². The number of aromatic nitrogens is 3. The Morgan fingerprint density at radius 2 is 1.30 bits per heavy atom. The molecule has 0 radical (unpaired) electrons. The zero-order chi connectivity index (χ0) is 16.9. The number of hydrogen-bond donors (Lipinski definition) is 0. The first kappa shape index (κ1) is 19.9. The molecule has 132 valence electrons. The lowest BCUT2D eigenvalue weighted by Crippen LogP contribution is -2.35. The van der Waals surface area contributed by atoms with Gasteiger partial charge in [-0.1, -0.05) is 66.2 Å². The average Bonchev–Trinajstić information content (AvgIpc) is 2.61. The van der Waals surface area contributed by atoms with Crippen LogP contribution in [0.2, 0.25) is 0 Å². The van der Waals surface area contributed by atoms with E-state index in [-0.39, 0.29) is 0 Å². The number of anilines is 1. The average molecular weight is 321 g/mol. The van der Waals surface area contributed by atoms with Crippen molar-refractivity contribution in [2.75, 3.05) is 18.0 Å². The number of rotatable bonds is 13. The van der Waals surface area contributed by atoms with E-state index in [1.54, 1.807) is 12.7 Å². The van der Waals surface area contributed by atoms with Crippen molar-refractivity contribution in [1.29, 1.82) is 0 Å². The third-order valence-corrected chi connectivity index (χ3v) is 4.81. The Hall–Kier alpha value is -1.19. The van der Waals surface area contributed by atoms with Crippen molar-refractivity contribution in [3.05, 3.63) is 12.7 Å². The first-order valence-corrected chi connectivity index (χ1v) is 9.61. The summed E-state index contributed by atoms with van der Waals surface area (Å²) < 4.78 is 0. The highest BCUT2D eigenvalue weighted by molar-refractivity contribution is 5.27. The Balaban J connectivity index is 2.76. The van der Waals surface area contributed by atoms with Crippen LogP contribution in [-0.2, 0) is 0 Å². The van der Waals surface area contributed by atoms with Crippen molar-refractivity contribution >= 4 is 5.95 Å². The fourth-order valence-electron chi connectivity index (χ4n) is 3.09. The van der Waals surface area contributed by atoms with Crippen molar-refractivity contribution < 1.29 is 0 Å². The Morgan fingerprint density at radius 1 is 0.826 bits per heavy atom. The quantitative estimate of drug-likeness (QED) is 0.506. The van der Waals surface area contributed by atoms with Crippen LogP contribution in [0.3, 0.4) is 0 Å². The molecule has 23 heavy (non-hydrogen) atoms. The molecule has 1 aromatic rings. The van der Waals surface area contributed by atoms with Crippen LogP contribution in [0.15, 0.2) is 12.7 Å². The lowest BCUT2D eigenvalue weighted by Gasteiger charge is -2.30. The molecule has 2 unspecified atom stereocenters. The molecule has 0 N–H and O–H groups in total. The van der Waals surface area contributed by atoms with Crippen LogP contribution in [0.25, 0.3) is 0 Å². The summed E-state index contributed by atoms with van der Waals surface area (Å²) in [6.45, 7) is 11.3. The third kappa shape index (κ3) is 7.76. The summed E-state index contributed by atoms with van der Waals surface area (Å²) >= 11 is 0. The highest BCUT2D eigenvalue weighted by Gasteiger charge is 2.19. The van der Waals surface area contributed by atoms with E-state index in [2.05, 4.69) is 47.5 Å². The van der Waals surface area contributed by atoms with Crippen molar-refractivity contribution in [2.45, 2.75) is 79.1 Å². The zero-order valence-electron chi connectivity index (χ0n) is 15.7. The second kappa shape index (κ2) is 12.3. The van der Waals surface area contributed by atoms with Crippen LogP contribution >= 0.6 is 0 Å². The van der Waals surface area contributed by atoms with Gasteiger partial charge in [0.2, 0.25) is 5.95 Å². The third-order valence-electron chi connectivity index (χ3n) is 4.81. The van der Waals surface area contributed by atoms with Crippen LogP contribution in [-0.4, -0.2) is 28.0 Å². The molecule has 0 bridgehead atoms. The highest BCUT2D eigenvalue weighted by Crippen LogP contribution is 2.21. The SMILES string of the molecule is CCCCC(CC)CN(CC(CC)CCCC)c1ncncn1. The Labute approximate surface area is 143 Å². The van der Waals surface area contributed by atoms with Gasteiger partial charge in [0, 0.05) is 13.1 Å². The summed E-state index contributed by atoms with van der Waals surface area (Å²) in [5.74, 6) is 2.32. The molecule has 0 amide bonds. The fourth-order valence-corrected chi connectivity index (χ4v) is 3.09. The van der Waals surface area contributed by atoms with Crippen LogP contribution in [0.1, 0.15) is 79.1 Å². The maximum absolute atomic E-state index is 4.42. The molecule has 0 aliphatic rings. The first-order valence-electron chi connectivity index (χ1n) is 9.61. The molecule has 1 rings (SSSR count). The van der Waals surface area contributed by atoms with Crippen LogP contribution in [0, 0.1) is 11.8 Å². The molecular formula is C19H36N4. The number of unbranched alkanes of at least 4 members (excludes halogenated alkanes) is 2. The van der Waals surface area contributed by atoms with Gasteiger partial charge in [0.25, 0.3) is 0 Å². The van der Waals surface area contributed by atoms with E-state index >= 15 is 0 Å². The molecule has 0 aliphatic heterocycles. The summed E-state index contributed by atoms with van der Waals surface area (Å²) in [4.78, 5) is 15.2. The molecule has 4 heteroatoms. The largest absolute Gasteiger partial charge is 0.340 e. The summed E-state index contributed by atoms with van der Waals surface area (Å²) in [6, 6.07) is 0. The standard InChI is InChI=1S/C19H36N4/c1-5-9-11-17(7-3)13-23(19-21-15-20-16-22-19)14-18(8-4)12-10-6-2/h15-18H,5-14H2,1-4H3.